The highest BCUT2D eigenvalue weighted by molar-refractivity contribution is 5.84. The highest BCUT2D eigenvalue weighted by Gasteiger charge is 2.63. The summed E-state index contributed by atoms with van der Waals surface area (Å²) in [5.74, 6) is 0. The molecule has 0 radical (unpaired) electrons. The minimum atomic E-state index is 0.309. The first-order valence-electron chi connectivity index (χ1n) is 5.75. The van der Waals surface area contributed by atoms with Gasteiger partial charge >= 0.3 is 0 Å². The molecule has 2 aromatic carbocycles. The third-order valence-electron chi connectivity index (χ3n) is 3.94. The smallest absolute Gasteiger partial charge is 0.118 e. The minimum absolute atomic E-state index is 0.309. The van der Waals surface area contributed by atoms with Crippen LogP contribution in [0.4, 0.5) is 0 Å². The van der Waals surface area contributed by atoms with Crippen molar-refractivity contribution in [2.75, 3.05) is 0 Å². The molecule has 1 aliphatic carbocycles. The van der Waals surface area contributed by atoms with Crippen LogP contribution in [0.3, 0.4) is 0 Å². The van der Waals surface area contributed by atoms with Gasteiger partial charge in [-0.15, -0.1) is 0 Å². The van der Waals surface area contributed by atoms with Crippen LogP contribution < -0.4 is 0 Å². The lowest BCUT2D eigenvalue weighted by molar-refractivity contribution is 0.304. The van der Waals surface area contributed by atoms with Gasteiger partial charge in [-0.3, -0.25) is 0 Å². The second-order valence-corrected chi connectivity index (χ2v) is 4.87. The molecule has 3 aliphatic rings. The van der Waals surface area contributed by atoms with Crippen molar-refractivity contribution in [3.8, 4) is 0 Å². The van der Waals surface area contributed by atoms with E-state index in [2.05, 4.69) is 36.4 Å². The molecule has 2 heteroatoms. The first-order valence-corrected chi connectivity index (χ1v) is 5.75. The number of fused-ring (bicyclic) bond motifs is 7. The molecule has 2 heterocycles. The quantitative estimate of drug-likeness (QED) is 0.624. The molecule has 2 aromatic rings. The summed E-state index contributed by atoms with van der Waals surface area (Å²) in [4.78, 5) is 0. The zero-order valence-corrected chi connectivity index (χ0v) is 8.59. The van der Waals surface area contributed by atoms with Crippen molar-refractivity contribution < 1.29 is 9.47 Å². The lowest BCUT2D eigenvalue weighted by Crippen LogP contribution is -2.07. The predicted octanol–water partition coefficient (Wildman–Crippen LogP) is 2.73. The SMILES string of the molecule is c1ccc2cc3c(cc2c1)[C@H]1O[C@H]1[C@@H]1O[C@H]31. The van der Waals surface area contributed by atoms with Crippen LogP contribution in [0, 0.1) is 0 Å². The Morgan fingerprint density at radius 2 is 1.25 bits per heavy atom. The van der Waals surface area contributed by atoms with E-state index in [-0.39, 0.29) is 0 Å². The molecule has 2 aliphatic heterocycles. The normalized spacial score (nSPS) is 37.5. The lowest BCUT2D eigenvalue weighted by Gasteiger charge is -2.10. The summed E-state index contributed by atoms with van der Waals surface area (Å²) < 4.78 is 11.4. The van der Waals surface area contributed by atoms with Crippen LogP contribution in [0.5, 0.6) is 0 Å². The van der Waals surface area contributed by atoms with Crippen molar-refractivity contribution in [2.45, 2.75) is 24.4 Å². The topological polar surface area (TPSA) is 25.1 Å². The fraction of sp³-hybridized carbons (Fsp3) is 0.286. The molecule has 2 fully saturated rings. The third kappa shape index (κ3) is 0.819. The summed E-state index contributed by atoms with van der Waals surface area (Å²) in [5, 5.41) is 2.60. The number of benzene rings is 2. The van der Waals surface area contributed by atoms with E-state index < -0.39 is 0 Å². The van der Waals surface area contributed by atoms with E-state index in [0.29, 0.717) is 24.4 Å². The summed E-state index contributed by atoms with van der Waals surface area (Å²) in [5.41, 5.74) is 2.70. The van der Waals surface area contributed by atoms with Gasteiger partial charge in [0.25, 0.3) is 0 Å². The van der Waals surface area contributed by atoms with Gasteiger partial charge in [-0.25, -0.2) is 0 Å². The Hall–Kier alpha value is -1.38. The number of epoxide rings is 2. The summed E-state index contributed by atoms with van der Waals surface area (Å²) in [7, 11) is 0. The maximum absolute atomic E-state index is 5.68. The fourth-order valence-corrected chi connectivity index (χ4v) is 3.02. The summed E-state index contributed by atoms with van der Waals surface area (Å²) in [6, 6.07) is 13.0. The number of hydrogen-bond acceptors (Lipinski definition) is 2. The Bertz CT molecular complexity index is 565. The van der Waals surface area contributed by atoms with Crippen molar-refractivity contribution in [1.82, 2.24) is 0 Å². The molecule has 2 nitrogen and oxygen atoms in total. The van der Waals surface area contributed by atoms with Crippen molar-refractivity contribution in [2.24, 2.45) is 0 Å². The lowest BCUT2D eigenvalue weighted by atomic mass is 9.89. The molecule has 0 aromatic heterocycles. The van der Waals surface area contributed by atoms with E-state index in [1.54, 1.807) is 0 Å². The molecule has 0 unspecified atom stereocenters. The molecule has 0 saturated carbocycles. The molecule has 5 rings (SSSR count). The standard InChI is InChI=1S/C14H10O2/c1-2-4-8-6-10-9(5-7(8)3-1)11-13(15-11)14-12(10)16-14/h1-6,11-14H/t11-,12-,13-,14-/m1/s1. The highest BCUT2D eigenvalue weighted by atomic mass is 16.7. The Morgan fingerprint density at radius 3 is 1.75 bits per heavy atom. The maximum Gasteiger partial charge on any atom is 0.118 e. The average Bonchev–Trinajstić information content (AvgIpc) is 3.16. The molecule has 0 bridgehead atoms. The third-order valence-corrected chi connectivity index (χ3v) is 3.94. The van der Waals surface area contributed by atoms with Gasteiger partial charge in [0.15, 0.2) is 0 Å². The molecule has 2 saturated heterocycles. The van der Waals surface area contributed by atoms with Crippen molar-refractivity contribution >= 4 is 10.8 Å². The fourth-order valence-electron chi connectivity index (χ4n) is 3.02. The van der Waals surface area contributed by atoms with Crippen LogP contribution in [0.15, 0.2) is 36.4 Å². The van der Waals surface area contributed by atoms with Crippen molar-refractivity contribution in [1.29, 1.82) is 0 Å². The molecule has 0 spiro atoms. The predicted molar refractivity (Wildman–Crippen MR) is 59.2 cm³/mol. The average molecular weight is 210 g/mol. The van der Waals surface area contributed by atoms with Gasteiger partial charge in [0.05, 0.1) is 0 Å². The van der Waals surface area contributed by atoms with Gasteiger partial charge in [0.2, 0.25) is 0 Å². The second-order valence-electron chi connectivity index (χ2n) is 4.87. The summed E-state index contributed by atoms with van der Waals surface area (Å²) >= 11 is 0. The largest absolute Gasteiger partial charge is 0.362 e. The van der Waals surface area contributed by atoms with Crippen molar-refractivity contribution in [3.63, 3.8) is 0 Å². The number of ether oxygens (including phenoxy) is 2. The molecular weight excluding hydrogens is 200 g/mol. The molecule has 0 N–H and O–H groups in total. The molecule has 4 atom stereocenters. The molecular formula is C14H10O2. The van der Waals surface area contributed by atoms with E-state index in [9.17, 15) is 0 Å². The maximum atomic E-state index is 5.68. The summed E-state index contributed by atoms with van der Waals surface area (Å²) in [6.45, 7) is 0. The molecule has 0 amide bonds. The Labute approximate surface area is 92.8 Å². The van der Waals surface area contributed by atoms with E-state index in [4.69, 9.17) is 9.47 Å². The van der Waals surface area contributed by atoms with Gasteiger partial charge in [0, 0.05) is 0 Å². The number of rotatable bonds is 0. The monoisotopic (exact) mass is 210 g/mol. The van der Waals surface area contributed by atoms with Crippen LogP contribution in [0.2, 0.25) is 0 Å². The second kappa shape index (κ2) is 2.31. The van der Waals surface area contributed by atoms with Crippen LogP contribution in [0.25, 0.3) is 10.8 Å². The van der Waals surface area contributed by atoms with Crippen LogP contribution in [-0.2, 0) is 9.47 Å². The van der Waals surface area contributed by atoms with Crippen LogP contribution in [-0.4, -0.2) is 12.2 Å². The zero-order chi connectivity index (χ0) is 10.3. The van der Waals surface area contributed by atoms with E-state index in [1.807, 2.05) is 0 Å². The van der Waals surface area contributed by atoms with Crippen LogP contribution in [0.1, 0.15) is 23.3 Å². The van der Waals surface area contributed by atoms with Gasteiger partial charge in [-0.05, 0) is 34.0 Å². The Kier molecular flexibility index (Phi) is 1.13. The highest BCUT2D eigenvalue weighted by Crippen LogP contribution is 2.60. The van der Waals surface area contributed by atoms with E-state index >= 15 is 0 Å². The van der Waals surface area contributed by atoms with E-state index in [0.717, 1.165) is 0 Å². The molecule has 16 heavy (non-hydrogen) atoms. The van der Waals surface area contributed by atoms with Gasteiger partial charge < -0.3 is 9.47 Å². The van der Waals surface area contributed by atoms with Gasteiger partial charge in [-0.2, -0.15) is 0 Å². The Morgan fingerprint density at radius 1 is 0.750 bits per heavy atom. The van der Waals surface area contributed by atoms with E-state index in [1.165, 1.54) is 21.9 Å². The summed E-state index contributed by atoms with van der Waals surface area (Å²) in [6.07, 6.45) is 1.31. The molecule has 78 valence electrons. The zero-order valence-electron chi connectivity index (χ0n) is 8.59. The first kappa shape index (κ1) is 7.82. The Balaban J connectivity index is 1.86. The van der Waals surface area contributed by atoms with Gasteiger partial charge in [-0.1, -0.05) is 24.3 Å². The van der Waals surface area contributed by atoms with Gasteiger partial charge in [0.1, 0.15) is 24.4 Å². The minimum Gasteiger partial charge on any atom is -0.362 e. The van der Waals surface area contributed by atoms with Crippen LogP contribution >= 0.6 is 0 Å². The van der Waals surface area contributed by atoms with Crippen molar-refractivity contribution in [3.05, 3.63) is 47.5 Å². The number of hydrogen-bond donors (Lipinski definition) is 0. The first-order chi connectivity index (χ1) is 7.92.